The predicted molar refractivity (Wildman–Crippen MR) is 123 cm³/mol. The molecule has 0 fully saturated rings. The van der Waals surface area contributed by atoms with Crippen LogP contribution in [0.1, 0.15) is 16.1 Å². The number of fused-ring (bicyclic) bond motifs is 1. The van der Waals surface area contributed by atoms with Crippen LogP contribution < -0.4 is 24.7 Å². The van der Waals surface area contributed by atoms with Crippen LogP contribution in [0, 0.1) is 0 Å². The number of hydrogen-bond donors (Lipinski definition) is 1. The Kier molecular flexibility index (Phi) is 5.73. The smallest absolute Gasteiger partial charge is 0.291 e. The summed E-state index contributed by atoms with van der Waals surface area (Å²) >= 11 is 6.44. The van der Waals surface area contributed by atoms with Crippen molar-refractivity contribution >= 4 is 36.5 Å². The molecule has 1 amide bonds. The van der Waals surface area contributed by atoms with Crippen molar-refractivity contribution in [3.05, 3.63) is 58.8 Å². The summed E-state index contributed by atoms with van der Waals surface area (Å²) in [5, 5.41) is 4.67. The van der Waals surface area contributed by atoms with E-state index in [0.29, 0.717) is 28.0 Å². The number of aryl methyl sites for hydroxylation is 1. The van der Waals surface area contributed by atoms with Crippen LogP contribution in [0.25, 0.3) is 0 Å². The number of hydrogen-bond acceptors (Lipinski definition) is 5. The van der Waals surface area contributed by atoms with Crippen molar-refractivity contribution in [3.63, 3.8) is 0 Å². The SMILES string of the molecule is COc1cccc(OC)c1NC(=O)c1ccc(Oc2cc3c(cc2Cl)CC[Si]3(C)C)o1. The summed E-state index contributed by atoms with van der Waals surface area (Å²) in [6.07, 6.45) is 1.06. The molecule has 31 heavy (non-hydrogen) atoms. The third-order valence-electron chi connectivity index (χ3n) is 5.59. The summed E-state index contributed by atoms with van der Waals surface area (Å²) < 4.78 is 22.2. The van der Waals surface area contributed by atoms with Gasteiger partial charge in [-0.15, -0.1) is 0 Å². The second-order valence-corrected chi connectivity index (χ2v) is 13.2. The van der Waals surface area contributed by atoms with Crippen LogP contribution in [0.15, 0.2) is 46.9 Å². The lowest BCUT2D eigenvalue weighted by Crippen LogP contribution is -2.37. The lowest BCUT2D eigenvalue weighted by molar-refractivity contribution is 0.0991. The van der Waals surface area contributed by atoms with Crippen molar-refractivity contribution in [3.8, 4) is 23.2 Å². The Hall–Kier alpha value is -2.90. The number of ether oxygens (including phenoxy) is 3. The van der Waals surface area contributed by atoms with Crippen LogP contribution in [0.2, 0.25) is 24.2 Å². The summed E-state index contributed by atoms with van der Waals surface area (Å²) in [7, 11) is 1.58. The summed E-state index contributed by atoms with van der Waals surface area (Å²) in [4.78, 5) is 12.7. The number of halogens is 1. The molecule has 0 saturated carbocycles. The highest BCUT2D eigenvalue weighted by molar-refractivity contribution is 6.91. The fourth-order valence-electron chi connectivity index (χ4n) is 3.85. The molecule has 2 heterocycles. The van der Waals surface area contributed by atoms with Gasteiger partial charge in [-0.05, 0) is 48.4 Å². The molecular formula is C23H24ClNO5Si. The molecule has 1 N–H and O–H groups in total. The van der Waals surface area contributed by atoms with Gasteiger partial charge < -0.3 is 23.9 Å². The van der Waals surface area contributed by atoms with E-state index in [-0.39, 0.29) is 11.7 Å². The lowest BCUT2D eigenvalue weighted by atomic mass is 10.2. The number of para-hydroxylation sites is 1. The normalized spacial score (nSPS) is 14.1. The third-order valence-corrected chi connectivity index (χ3v) is 9.31. The molecule has 8 heteroatoms. The number of carbonyl (C=O) groups is 1. The molecule has 1 aromatic heterocycles. The highest BCUT2D eigenvalue weighted by Crippen LogP contribution is 2.36. The van der Waals surface area contributed by atoms with Gasteiger partial charge in [-0.25, -0.2) is 0 Å². The highest BCUT2D eigenvalue weighted by atomic mass is 35.5. The minimum absolute atomic E-state index is 0.0925. The van der Waals surface area contributed by atoms with Crippen LogP contribution in [0.5, 0.6) is 23.2 Å². The Morgan fingerprint density at radius 2 is 1.77 bits per heavy atom. The fraction of sp³-hybridized carbons (Fsp3) is 0.261. The molecule has 0 spiro atoms. The van der Waals surface area contributed by atoms with Gasteiger partial charge in [-0.3, -0.25) is 4.79 Å². The van der Waals surface area contributed by atoms with Crippen LogP contribution in [0.3, 0.4) is 0 Å². The average Bonchev–Trinajstić information content (AvgIpc) is 3.33. The molecular weight excluding hydrogens is 434 g/mol. The molecule has 1 aliphatic heterocycles. The molecule has 0 radical (unpaired) electrons. The van der Waals surface area contributed by atoms with E-state index in [9.17, 15) is 4.79 Å². The van der Waals surface area contributed by atoms with Crippen molar-refractivity contribution in [1.29, 1.82) is 0 Å². The molecule has 0 atom stereocenters. The Labute approximate surface area is 187 Å². The molecule has 6 nitrogen and oxygen atoms in total. The Bertz CT molecular complexity index is 1120. The lowest BCUT2D eigenvalue weighted by Gasteiger charge is -2.17. The average molecular weight is 458 g/mol. The van der Waals surface area contributed by atoms with Gasteiger partial charge in [-0.1, -0.05) is 35.9 Å². The maximum absolute atomic E-state index is 12.7. The molecule has 4 rings (SSSR count). The number of benzene rings is 2. The van der Waals surface area contributed by atoms with Gasteiger partial charge in [0.05, 0.1) is 27.3 Å². The molecule has 2 aromatic carbocycles. The molecule has 0 aliphatic carbocycles. The van der Waals surface area contributed by atoms with Crippen LogP contribution >= 0.6 is 11.6 Å². The van der Waals surface area contributed by atoms with Gasteiger partial charge in [0.15, 0.2) is 5.76 Å². The van der Waals surface area contributed by atoms with E-state index in [1.165, 1.54) is 31.0 Å². The third kappa shape index (κ3) is 4.15. The van der Waals surface area contributed by atoms with Crippen LogP contribution in [-0.2, 0) is 6.42 Å². The van der Waals surface area contributed by atoms with E-state index in [2.05, 4.69) is 18.4 Å². The quantitative estimate of drug-likeness (QED) is 0.497. The number of rotatable bonds is 6. The number of nitrogens with one attached hydrogen (secondary N) is 1. The topological polar surface area (TPSA) is 69.9 Å². The highest BCUT2D eigenvalue weighted by Gasteiger charge is 2.33. The number of furan rings is 1. The predicted octanol–water partition coefficient (Wildman–Crippen LogP) is 5.47. The van der Waals surface area contributed by atoms with Crippen LogP contribution in [0.4, 0.5) is 5.69 Å². The van der Waals surface area contributed by atoms with Crippen molar-refractivity contribution in [1.82, 2.24) is 0 Å². The first-order valence-electron chi connectivity index (χ1n) is 9.95. The first kappa shape index (κ1) is 21.3. The van der Waals surface area contributed by atoms with Gasteiger partial charge >= 0.3 is 0 Å². The number of anilines is 1. The zero-order chi connectivity index (χ0) is 22.2. The maximum atomic E-state index is 12.7. The zero-order valence-electron chi connectivity index (χ0n) is 17.9. The Balaban J connectivity index is 1.54. The first-order chi connectivity index (χ1) is 14.8. The molecule has 0 bridgehead atoms. The van der Waals surface area contributed by atoms with E-state index in [1.54, 1.807) is 30.3 Å². The zero-order valence-corrected chi connectivity index (χ0v) is 19.6. The van der Waals surface area contributed by atoms with Gasteiger partial charge in [-0.2, -0.15) is 0 Å². The second kappa shape index (κ2) is 8.32. The first-order valence-corrected chi connectivity index (χ1v) is 13.5. The van der Waals surface area contributed by atoms with Crippen LogP contribution in [-0.4, -0.2) is 28.2 Å². The summed E-state index contributed by atoms with van der Waals surface area (Å²) in [6, 6.07) is 13.6. The molecule has 3 aromatic rings. The molecule has 1 aliphatic rings. The second-order valence-electron chi connectivity index (χ2n) is 8.04. The number of amides is 1. The van der Waals surface area contributed by atoms with E-state index < -0.39 is 14.0 Å². The largest absolute Gasteiger partial charge is 0.494 e. The van der Waals surface area contributed by atoms with E-state index >= 15 is 0 Å². The Morgan fingerprint density at radius 3 is 2.45 bits per heavy atom. The summed E-state index contributed by atoms with van der Waals surface area (Å²) in [5.74, 6) is 1.33. The van der Waals surface area contributed by atoms with Crippen molar-refractivity contribution in [2.75, 3.05) is 19.5 Å². The fourth-order valence-corrected chi connectivity index (χ4v) is 6.82. The van der Waals surface area contributed by atoms with Crippen molar-refractivity contribution < 1.29 is 23.4 Å². The monoisotopic (exact) mass is 457 g/mol. The van der Waals surface area contributed by atoms with Crippen molar-refractivity contribution in [2.45, 2.75) is 25.6 Å². The van der Waals surface area contributed by atoms with Gasteiger partial charge in [0.1, 0.15) is 22.9 Å². The van der Waals surface area contributed by atoms with Crippen molar-refractivity contribution in [2.24, 2.45) is 0 Å². The van der Waals surface area contributed by atoms with E-state index in [0.717, 1.165) is 6.42 Å². The van der Waals surface area contributed by atoms with E-state index in [1.807, 2.05) is 12.1 Å². The van der Waals surface area contributed by atoms with Gasteiger partial charge in [0, 0.05) is 6.07 Å². The molecule has 0 unspecified atom stereocenters. The minimum Gasteiger partial charge on any atom is -0.494 e. The maximum Gasteiger partial charge on any atom is 0.291 e. The standard InChI is InChI=1S/C23H24ClNO5Si/c1-27-16-6-5-7-17(28-2)22(16)25-23(26)18-8-9-21(29-18)30-19-13-20-14(12-15(19)24)10-11-31(20,3)4/h5-9,12-13H,10-11H2,1-4H3,(H,25,26). The molecule has 0 saturated heterocycles. The summed E-state index contributed by atoms with van der Waals surface area (Å²) in [5.41, 5.74) is 1.73. The van der Waals surface area contributed by atoms with Gasteiger partial charge in [0.25, 0.3) is 11.9 Å². The number of carbonyl (C=O) groups excluding carboxylic acids is 1. The van der Waals surface area contributed by atoms with Gasteiger partial charge in [0.2, 0.25) is 0 Å². The molecule has 162 valence electrons. The van der Waals surface area contributed by atoms with E-state index in [4.69, 9.17) is 30.2 Å². The number of methoxy groups -OCH3 is 2. The summed E-state index contributed by atoms with van der Waals surface area (Å²) in [6.45, 7) is 4.69. The minimum atomic E-state index is -1.46. The Morgan fingerprint density at radius 1 is 1.06 bits per heavy atom.